The molecule has 0 saturated carbocycles. The molecule has 1 aliphatic rings. The molecule has 1 aliphatic heterocycles. The standard InChI is InChI=1S/C17H21N5S2/c1-2-14-8-15-16(18-11-19-17(15)24-14)22-5-3-4-21(6-7-22)9-13-10-23-12-20-13/h8,10-12H,2-7,9H2,1H3. The molecule has 4 heterocycles. The van der Waals surface area contributed by atoms with E-state index < -0.39 is 0 Å². The Labute approximate surface area is 150 Å². The minimum atomic E-state index is 0.953. The number of aromatic nitrogens is 3. The molecule has 0 unspecified atom stereocenters. The van der Waals surface area contributed by atoms with Crippen LogP contribution in [0.15, 0.2) is 23.3 Å². The Morgan fingerprint density at radius 2 is 2.08 bits per heavy atom. The first-order valence-corrected chi connectivity index (χ1v) is 10.2. The molecule has 1 saturated heterocycles. The van der Waals surface area contributed by atoms with Gasteiger partial charge in [0.1, 0.15) is 17.0 Å². The summed E-state index contributed by atoms with van der Waals surface area (Å²) in [6, 6.07) is 2.27. The monoisotopic (exact) mass is 359 g/mol. The highest BCUT2D eigenvalue weighted by Gasteiger charge is 2.19. The van der Waals surface area contributed by atoms with Crippen molar-refractivity contribution < 1.29 is 0 Å². The predicted octanol–water partition coefficient (Wildman–Crippen LogP) is 3.42. The van der Waals surface area contributed by atoms with Gasteiger partial charge in [0.25, 0.3) is 0 Å². The number of fused-ring (bicyclic) bond motifs is 1. The summed E-state index contributed by atoms with van der Waals surface area (Å²) in [6.45, 7) is 7.37. The fraction of sp³-hybridized carbons (Fsp3) is 0.471. The zero-order valence-corrected chi connectivity index (χ0v) is 15.4. The second kappa shape index (κ2) is 7.13. The van der Waals surface area contributed by atoms with Crippen LogP contribution in [0.1, 0.15) is 23.9 Å². The first-order valence-electron chi connectivity index (χ1n) is 8.41. The molecular formula is C17H21N5S2. The van der Waals surface area contributed by atoms with Gasteiger partial charge in [-0.3, -0.25) is 4.90 Å². The van der Waals surface area contributed by atoms with E-state index in [-0.39, 0.29) is 0 Å². The van der Waals surface area contributed by atoms with Crippen molar-refractivity contribution in [2.75, 3.05) is 31.1 Å². The molecule has 0 radical (unpaired) electrons. The number of thiophene rings is 1. The summed E-state index contributed by atoms with van der Waals surface area (Å²) in [6.07, 6.45) is 3.92. The third-order valence-electron chi connectivity index (χ3n) is 4.46. The zero-order chi connectivity index (χ0) is 16.4. The summed E-state index contributed by atoms with van der Waals surface area (Å²) in [7, 11) is 0. The lowest BCUT2D eigenvalue weighted by Crippen LogP contribution is -2.31. The average Bonchev–Trinajstić information content (AvgIpc) is 3.20. The molecule has 3 aromatic rings. The summed E-state index contributed by atoms with van der Waals surface area (Å²) < 4.78 is 0. The Kier molecular flexibility index (Phi) is 4.73. The lowest BCUT2D eigenvalue weighted by Gasteiger charge is -2.22. The van der Waals surface area contributed by atoms with Crippen molar-refractivity contribution >= 4 is 38.7 Å². The highest BCUT2D eigenvalue weighted by molar-refractivity contribution is 7.18. The molecular weight excluding hydrogens is 338 g/mol. The molecule has 0 spiro atoms. The summed E-state index contributed by atoms with van der Waals surface area (Å²) in [5, 5.41) is 3.36. The largest absolute Gasteiger partial charge is 0.355 e. The molecule has 0 aliphatic carbocycles. The molecule has 0 amide bonds. The van der Waals surface area contributed by atoms with Gasteiger partial charge < -0.3 is 4.90 Å². The number of rotatable bonds is 4. The minimum absolute atomic E-state index is 0.953. The summed E-state index contributed by atoms with van der Waals surface area (Å²) in [5.41, 5.74) is 3.10. The topological polar surface area (TPSA) is 45.2 Å². The number of thiazole rings is 1. The van der Waals surface area contributed by atoms with Gasteiger partial charge in [-0.25, -0.2) is 15.0 Å². The highest BCUT2D eigenvalue weighted by Crippen LogP contribution is 2.31. The smallest absolute Gasteiger partial charge is 0.140 e. The Morgan fingerprint density at radius 1 is 1.12 bits per heavy atom. The van der Waals surface area contributed by atoms with Gasteiger partial charge in [0.2, 0.25) is 0 Å². The Balaban J connectivity index is 1.52. The first kappa shape index (κ1) is 15.9. The summed E-state index contributed by atoms with van der Waals surface area (Å²) in [4.78, 5) is 20.9. The van der Waals surface area contributed by atoms with E-state index in [0.717, 1.165) is 56.2 Å². The molecule has 7 heteroatoms. The van der Waals surface area contributed by atoms with Crippen molar-refractivity contribution in [3.05, 3.63) is 33.9 Å². The van der Waals surface area contributed by atoms with Crippen LogP contribution in [-0.4, -0.2) is 46.0 Å². The Hall–Kier alpha value is -1.57. The van der Waals surface area contributed by atoms with E-state index in [1.807, 2.05) is 5.51 Å². The molecule has 4 rings (SSSR count). The van der Waals surface area contributed by atoms with Gasteiger partial charge in [0.15, 0.2) is 0 Å². The van der Waals surface area contributed by atoms with Crippen molar-refractivity contribution in [2.24, 2.45) is 0 Å². The van der Waals surface area contributed by atoms with Crippen LogP contribution >= 0.6 is 22.7 Å². The van der Waals surface area contributed by atoms with Gasteiger partial charge in [0.05, 0.1) is 16.6 Å². The molecule has 0 atom stereocenters. The Bertz CT molecular complexity index is 799. The van der Waals surface area contributed by atoms with E-state index in [2.05, 4.69) is 43.1 Å². The number of hydrogen-bond acceptors (Lipinski definition) is 7. The molecule has 5 nitrogen and oxygen atoms in total. The molecule has 0 bridgehead atoms. The first-order chi connectivity index (χ1) is 11.8. The van der Waals surface area contributed by atoms with E-state index in [1.165, 1.54) is 16.0 Å². The summed E-state index contributed by atoms with van der Waals surface area (Å²) in [5.74, 6) is 1.10. The maximum atomic E-state index is 4.61. The van der Waals surface area contributed by atoms with E-state index in [9.17, 15) is 0 Å². The van der Waals surface area contributed by atoms with Crippen LogP contribution in [0.2, 0.25) is 0 Å². The van der Waals surface area contributed by atoms with E-state index in [0.29, 0.717) is 0 Å². The van der Waals surface area contributed by atoms with Crippen molar-refractivity contribution in [1.29, 1.82) is 0 Å². The fourth-order valence-corrected chi connectivity index (χ4v) is 4.68. The predicted molar refractivity (Wildman–Crippen MR) is 101 cm³/mol. The van der Waals surface area contributed by atoms with Gasteiger partial charge in [-0.1, -0.05) is 6.92 Å². The van der Waals surface area contributed by atoms with Crippen LogP contribution in [0.4, 0.5) is 5.82 Å². The van der Waals surface area contributed by atoms with Crippen molar-refractivity contribution in [3.8, 4) is 0 Å². The molecule has 0 aromatic carbocycles. The summed E-state index contributed by atoms with van der Waals surface area (Å²) >= 11 is 3.46. The van der Waals surface area contributed by atoms with Crippen molar-refractivity contribution in [2.45, 2.75) is 26.3 Å². The molecule has 0 N–H and O–H groups in total. The van der Waals surface area contributed by atoms with Crippen molar-refractivity contribution in [3.63, 3.8) is 0 Å². The highest BCUT2D eigenvalue weighted by atomic mass is 32.1. The molecule has 3 aromatic heterocycles. The van der Waals surface area contributed by atoms with Crippen LogP contribution in [0.5, 0.6) is 0 Å². The van der Waals surface area contributed by atoms with Gasteiger partial charge in [-0.15, -0.1) is 22.7 Å². The fourth-order valence-electron chi connectivity index (χ4n) is 3.20. The van der Waals surface area contributed by atoms with Crippen LogP contribution in [0.3, 0.4) is 0 Å². The second-order valence-electron chi connectivity index (χ2n) is 6.08. The number of anilines is 1. The third kappa shape index (κ3) is 3.29. The average molecular weight is 360 g/mol. The van der Waals surface area contributed by atoms with Crippen LogP contribution in [-0.2, 0) is 13.0 Å². The lowest BCUT2D eigenvalue weighted by atomic mass is 10.3. The molecule has 126 valence electrons. The zero-order valence-electron chi connectivity index (χ0n) is 13.8. The van der Waals surface area contributed by atoms with Crippen LogP contribution in [0.25, 0.3) is 10.2 Å². The SMILES string of the molecule is CCc1cc2c(N3CCCN(Cc4cscn4)CC3)ncnc2s1. The number of aryl methyl sites for hydroxylation is 1. The minimum Gasteiger partial charge on any atom is -0.355 e. The van der Waals surface area contributed by atoms with Crippen molar-refractivity contribution in [1.82, 2.24) is 19.9 Å². The Morgan fingerprint density at radius 3 is 2.92 bits per heavy atom. The van der Waals surface area contributed by atoms with Gasteiger partial charge in [-0.05, 0) is 18.9 Å². The number of nitrogens with zero attached hydrogens (tertiary/aromatic N) is 5. The van der Waals surface area contributed by atoms with Crippen LogP contribution < -0.4 is 4.90 Å². The van der Waals surface area contributed by atoms with Gasteiger partial charge >= 0.3 is 0 Å². The molecule has 24 heavy (non-hydrogen) atoms. The van der Waals surface area contributed by atoms with Crippen LogP contribution in [0, 0.1) is 0 Å². The lowest BCUT2D eigenvalue weighted by molar-refractivity contribution is 0.282. The van der Waals surface area contributed by atoms with E-state index >= 15 is 0 Å². The molecule has 1 fully saturated rings. The van der Waals surface area contributed by atoms with Gasteiger partial charge in [0, 0.05) is 43.0 Å². The maximum Gasteiger partial charge on any atom is 0.140 e. The van der Waals surface area contributed by atoms with E-state index in [1.54, 1.807) is 29.0 Å². The quantitative estimate of drug-likeness (QED) is 0.714. The van der Waals surface area contributed by atoms with E-state index in [4.69, 9.17) is 0 Å². The second-order valence-corrected chi connectivity index (χ2v) is 7.91. The third-order valence-corrected chi connectivity index (χ3v) is 6.29. The normalized spacial score (nSPS) is 16.6. The number of hydrogen-bond donors (Lipinski definition) is 0. The van der Waals surface area contributed by atoms with Gasteiger partial charge in [-0.2, -0.15) is 0 Å². The maximum absolute atomic E-state index is 4.61.